The normalized spacial score (nSPS) is 11.8. The van der Waals surface area contributed by atoms with Crippen molar-refractivity contribution in [1.82, 2.24) is 5.32 Å². The van der Waals surface area contributed by atoms with E-state index in [0.717, 1.165) is 11.1 Å². The van der Waals surface area contributed by atoms with Crippen molar-refractivity contribution < 1.29 is 13.9 Å². The fraction of sp³-hybridized carbons (Fsp3) is 0.125. The first-order valence-electron chi connectivity index (χ1n) is 9.27. The lowest BCUT2D eigenvalue weighted by Crippen LogP contribution is -2.26. The highest BCUT2D eigenvalue weighted by atomic mass is 19.1. The van der Waals surface area contributed by atoms with Gasteiger partial charge in [-0.15, -0.1) is 0 Å². The zero-order valence-electron chi connectivity index (χ0n) is 15.6. The number of nitrogens with two attached hydrogens (primary N) is 1. The number of anilines is 1. The van der Waals surface area contributed by atoms with Gasteiger partial charge < -0.3 is 15.8 Å². The number of halogens is 1. The predicted molar refractivity (Wildman–Crippen MR) is 111 cm³/mol. The van der Waals surface area contributed by atoms with E-state index in [1.54, 1.807) is 6.07 Å². The number of carbonyl (C=O) groups is 1. The van der Waals surface area contributed by atoms with Gasteiger partial charge in [-0.1, -0.05) is 66.4 Å². The summed E-state index contributed by atoms with van der Waals surface area (Å²) in [5, 5.41) is 2.57. The van der Waals surface area contributed by atoms with Crippen LogP contribution in [-0.2, 0) is 4.74 Å². The first kappa shape index (κ1) is 18.6. The molecule has 1 amide bonds. The monoisotopic (exact) mass is 386 g/mol. The summed E-state index contributed by atoms with van der Waals surface area (Å²) in [6.45, 7) is 0.280. The first-order chi connectivity index (χ1) is 14.1. The fourth-order valence-corrected chi connectivity index (χ4v) is 3.55. The second-order valence-corrected chi connectivity index (χ2v) is 6.69. The molecular weight excluding hydrogens is 367 g/mol. The molecule has 0 unspecified atom stereocenters. The molecule has 0 radical (unpaired) electrons. The van der Waals surface area contributed by atoms with Gasteiger partial charge in [0, 0.05) is 5.92 Å². The van der Waals surface area contributed by atoms with Crippen LogP contribution >= 0.6 is 0 Å². The number of alkyl carbamates (subject to hydrolysis) is 1. The fourth-order valence-electron chi connectivity index (χ4n) is 3.55. The van der Waals surface area contributed by atoms with Crippen molar-refractivity contribution in [2.75, 3.05) is 18.9 Å². The summed E-state index contributed by atoms with van der Waals surface area (Å²) in [6, 6.07) is 20.9. The van der Waals surface area contributed by atoms with E-state index >= 15 is 0 Å². The molecule has 1 aliphatic carbocycles. The molecule has 144 valence electrons. The van der Waals surface area contributed by atoms with Crippen molar-refractivity contribution in [2.24, 2.45) is 0 Å². The van der Waals surface area contributed by atoms with Crippen molar-refractivity contribution in [3.05, 3.63) is 89.2 Å². The second kappa shape index (κ2) is 8.07. The number of hydrogen-bond donors (Lipinski definition) is 2. The van der Waals surface area contributed by atoms with E-state index < -0.39 is 11.9 Å². The van der Waals surface area contributed by atoms with Crippen molar-refractivity contribution >= 4 is 11.8 Å². The van der Waals surface area contributed by atoms with E-state index in [4.69, 9.17) is 10.5 Å². The van der Waals surface area contributed by atoms with Crippen molar-refractivity contribution in [2.45, 2.75) is 5.92 Å². The molecule has 5 heteroatoms. The van der Waals surface area contributed by atoms with Gasteiger partial charge in [0.15, 0.2) is 5.82 Å². The Morgan fingerprint density at radius 3 is 2.34 bits per heavy atom. The number of ether oxygens (including phenoxy) is 1. The molecule has 4 nitrogen and oxygen atoms in total. The van der Waals surface area contributed by atoms with Gasteiger partial charge in [-0.3, -0.25) is 0 Å². The van der Waals surface area contributed by atoms with Crippen molar-refractivity contribution in [3.63, 3.8) is 0 Å². The number of benzene rings is 3. The third-order valence-corrected chi connectivity index (χ3v) is 4.92. The molecule has 0 aliphatic heterocycles. The summed E-state index contributed by atoms with van der Waals surface area (Å²) in [7, 11) is 0. The quantitative estimate of drug-likeness (QED) is 0.521. The maximum atomic E-state index is 13.8. The molecule has 0 aromatic heterocycles. The largest absolute Gasteiger partial charge is 0.449 e. The Morgan fingerprint density at radius 2 is 1.66 bits per heavy atom. The van der Waals surface area contributed by atoms with E-state index in [9.17, 15) is 9.18 Å². The lowest BCUT2D eigenvalue weighted by molar-refractivity contribution is 0.144. The van der Waals surface area contributed by atoms with E-state index in [0.29, 0.717) is 0 Å². The van der Waals surface area contributed by atoms with E-state index in [1.165, 1.54) is 23.3 Å². The number of nitrogen functional groups attached to an aromatic ring is 1. The summed E-state index contributed by atoms with van der Waals surface area (Å²) in [5.41, 5.74) is 10.4. The highest BCUT2D eigenvalue weighted by Crippen LogP contribution is 2.44. The minimum atomic E-state index is -0.561. The molecule has 0 bridgehead atoms. The highest BCUT2D eigenvalue weighted by Gasteiger charge is 2.28. The van der Waals surface area contributed by atoms with E-state index in [2.05, 4.69) is 41.4 Å². The minimum Gasteiger partial charge on any atom is -0.449 e. The van der Waals surface area contributed by atoms with Gasteiger partial charge in [0.25, 0.3) is 0 Å². The summed E-state index contributed by atoms with van der Waals surface area (Å²) in [4.78, 5) is 12.1. The first-order valence-corrected chi connectivity index (χ1v) is 9.27. The standard InChI is InChI=1S/C24H19FN2O2/c25-23-16(7-5-13-22(23)26)8-6-14-27-24(28)29-15-21-19-11-3-1-9-17(19)18-10-2-4-12-20(18)21/h1-5,7,9-13,21H,14-15,26H2,(H,27,28). The van der Waals surface area contributed by atoms with Crippen LogP contribution in [0.5, 0.6) is 0 Å². The predicted octanol–water partition coefficient (Wildman–Crippen LogP) is 4.30. The molecule has 0 fully saturated rings. The minimum absolute atomic E-state index is 0.000578. The van der Waals surface area contributed by atoms with Crippen LogP contribution in [-0.4, -0.2) is 19.2 Å². The maximum Gasteiger partial charge on any atom is 0.407 e. The van der Waals surface area contributed by atoms with Gasteiger partial charge in [-0.2, -0.15) is 0 Å². The van der Waals surface area contributed by atoms with Gasteiger partial charge in [-0.25, -0.2) is 9.18 Å². The Balaban J connectivity index is 1.36. The number of hydrogen-bond acceptors (Lipinski definition) is 3. The molecule has 4 rings (SSSR count). The lowest BCUT2D eigenvalue weighted by atomic mass is 9.98. The summed E-state index contributed by atoms with van der Waals surface area (Å²) in [5.74, 6) is 4.81. The molecule has 0 atom stereocenters. The number of amides is 1. The molecule has 1 aliphatic rings. The Labute approximate surface area is 168 Å². The molecule has 3 N–H and O–H groups in total. The van der Waals surface area contributed by atoms with Gasteiger partial charge in [0.2, 0.25) is 0 Å². The van der Waals surface area contributed by atoms with Crippen LogP contribution in [0.3, 0.4) is 0 Å². The molecule has 3 aromatic rings. The van der Waals surface area contributed by atoms with Crippen molar-refractivity contribution in [3.8, 4) is 23.0 Å². The van der Waals surface area contributed by atoms with Gasteiger partial charge in [-0.05, 0) is 34.4 Å². The van der Waals surface area contributed by atoms with Crippen LogP contribution in [0.4, 0.5) is 14.9 Å². The Hall–Kier alpha value is -3.78. The number of nitrogens with one attached hydrogen (secondary N) is 1. The lowest BCUT2D eigenvalue weighted by Gasteiger charge is -2.14. The smallest absolute Gasteiger partial charge is 0.407 e. The van der Waals surface area contributed by atoms with Gasteiger partial charge in [0.1, 0.15) is 6.61 Å². The number of carbonyl (C=O) groups excluding carboxylic acids is 1. The van der Waals surface area contributed by atoms with Crippen LogP contribution in [0.1, 0.15) is 22.6 Å². The topological polar surface area (TPSA) is 64.3 Å². The van der Waals surface area contributed by atoms with Gasteiger partial charge >= 0.3 is 6.09 Å². The molecular formula is C24H19FN2O2. The molecule has 0 spiro atoms. The number of fused-ring (bicyclic) bond motifs is 3. The maximum absolute atomic E-state index is 13.8. The van der Waals surface area contributed by atoms with E-state index in [1.807, 2.05) is 24.3 Å². The average molecular weight is 386 g/mol. The Morgan fingerprint density at radius 1 is 1.00 bits per heavy atom. The third kappa shape index (κ3) is 3.78. The Kier molecular flexibility index (Phi) is 5.17. The number of rotatable bonds is 3. The molecule has 3 aromatic carbocycles. The summed E-state index contributed by atoms with van der Waals surface area (Å²) in [6.07, 6.45) is -0.561. The summed E-state index contributed by atoms with van der Waals surface area (Å²) >= 11 is 0. The van der Waals surface area contributed by atoms with Crippen LogP contribution in [0.15, 0.2) is 66.7 Å². The van der Waals surface area contributed by atoms with Crippen LogP contribution < -0.4 is 11.1 Å². The van der Waals surface area contributed by atoms with Crippen LogP contribution in [0.25, 0.3) is 11.1 Å². The average Bonchev–Trinajstić information content (AvgIpc) is 3.06. The molecule has 0 saturated heterocycles. The van der Waals surface area contributed by atoms with Gasteiger partial charge in [0.05, 0.1) is 17.8 Å². The zero-order chi connectivity index (χ0) is 20.2. The molecule has 29 heavy (non-hydrogen) atoms. The third-order valence-electron chi connectivity index (χ3n) is 4.92. The molecule has 0 heterocycles. The summed E-state index contributed by atoms with van der Waals surface area (Å²) < 4.78 is 19.2. The Bertz CT molecular complexity index is 1090. The van der Waals surface area contributed by atoms with Crippen molar-refractivity contribution in [1.29, 1.82) is 0 Å². The SMILES string of the molecule is Nc1cccc(C#CCNC(=O)OCC2c3ccccc3-c3ccccc32)c1F. The zero-order valence-corrected chi connectivity index (χ0v) is 15.6. The highest BCUT2D eigenvalue weighted by molar-refractivity contribution is 5.79. The van der Waals surface area contributed by atoms with Crippen LogP contribution in [0, 0.1) is 17.7 Å². The van der Waals surface area contributed by atoms with E-state index in [-0.39, 0.29) is 30.3 Å². The van der Waals surface area contributed by atoms with Crippen LogP contribution in [0.2, 0.25) is 0 Å². The molecule has 0 saturated carbocycles. The second-order valence-electron chi connectivity index (χ2n) is 6.69.